The fraction of sp³-hybridized carbons (Fsp3) is 0. The third-order valence-corrected chi connectivity index (χ3v) is 0. The standard InChI is InChI=1S/FH.Li.2H3O4P.V/c;;2*1-5(2,3)4;/h1H;;2*(H3,1,2,3,4);/q;+1;;;/p-6. The second-order valence-corrected chi connectivity index (χ2v) is 2.68. The maximum Gasteiger partial charge on any atom is 1.00 e. The average Bonchev–Trinajstić information content (AvgIpc) is 1.12. The molecule has 0 heterocycles. The molecule has 0 saturated carbocycles. The summed E-state index contributed by atoms with van der Waals surface area (Å²) in [7, 11) is -10.8. The summed E-state index contributed by atoms with van der Waals surface area (Å²) in [5.41, 5.74) is 0. The first-order valence-corrected chi connectivity index (χ1v) is 4.38. The van der Waals surface area contributed by atoms with E-state index in [1.165, 1.54) is 0 Å². The van der Waals surface area contributed by atoms with Gasteiger partial charge in [0, 0.05) is 18.6 Å². The summed E-state index contributed by atoms with van der Waals surface area (Å²) in [6, 6.07) is 0. The molecule has 1 radical (unpaired) electrons. The van der Waals surface area contributed by atoms with E-state index >= 15 is 0 Å². The molecular formula is HFLiO8P2V-5. The van der Waals surface area contributed by atoms with Crippen molar-refractivity contribution < 1.29 is 80.6 Å². The third-order valence-electron chi connectivity index (χ3n) is 0. The van der Waals surface area contributed by atoms with Gasteiger partial charge in [0.05, 0.1) is 0 Å². The summed E-state index contributed by atoms with van der Waals surface area (Å²) in [4.78, 5) is 51.3. The quantitative estimate of drug-likeness (QED) is 0.307. The Bertz CT molecular complexity index is 134. The second kappa shape index (κ2) is 11.4. The van der Waals surface area contributed by atoms with E-state index in [0.29, 0.717) is 0 Å². The minimum Gasteiger partial charge on any atom is -0.822 e. The van der Waals surface area contributed by atoms with Crippen LogP contribution in [0.3, 0.4) is 0 Å². The number of hydrogen-bond acceptors (Lipinski definition) is 8. The number of halogens is 1. The first kappa shape index (κ1) is 29.3. The maximum absolute atomic E-state index is 8.55. The van der Waals surface area contributed by atoms with E-state index in [1.807, 2.05) is 0 Å². The van der Waals surface area contributed by atoms with Gasteiger partial charge in [-0.3, -0.25) is 4.70 Å². The molecule has 0 aliphatic rings. The third kappa shape index (κ3) is 965. The molecule has 13 heavy (non-hydrogen) atoms. The van der Waals surface area contributed by atoms with Gasteiger partial charge < -0.3 is 38.5 Å². The van der Waals surface area contributed by atoms with Gasteiger partial charge in [0.2, 0.25) is 0 Å². The van der Waals surface area contributed by atoms with Gasteiger partial charge in [-0.25, -0.2) is 0 Å². The molecule has 0 aromatic heterocycles. The summed E-state index contributed by atoms with van der Waals surface area (Å²) < 4.78 is 17.1. The first-order valence-electron chi connectivity index (χ1n) is 1.46. The van der Waals surface area contributed by atoms with Crippen molar-refractivity contribution in [2.75, 3.05) is 0 Å². The van der Waals surface area contributed by atoms with Crippen LogP contribution < -0.4 is 48.2 Å². The van der Waals surface area contributed by atoms with Gasteiger partial charge in [-0.2, -0.15) is 15.6 Å². The molecule has 0 saturated heterocycles. The number of rotatable bonds is 0. The molecule has 0 unspecified atom stereocenters. The average molecular weight is 268 g/mol. The van der Waals surface area contributed by atoms with Gasteiger partial charge >= 0.3 is 18.9 Å². The minimum atomic E-state index is -5.39. The van der Waals surface area contributed by atoms with E-state index in [0.717, 1.165) is 0 Å². The topological polar surface area (TPSA) is 172 Å². The van der Waals surface area contributed by atoms with Crippen molar-refractivity contribution in [2.24, 2.45) is 0 Å². The predicted octanol–water partition coefficient (Wildman–Crippen LogP) is -8.50. The van der Waals surface area contributed by atoms with E-state index in [9.17, 15) is 0 Å². The molecule has 8 nitrogen and oxygen atoms in total. The van der Waals surface area contributed by atoms with Crippen LogP contribution in [-0.4, -0.2) is 0 Å². The summed E-state index contributed by atoms with van der Waals surface area (Å²) >= 11 is 0. The summed E-state index contributed by atoms with van der Waals surface area (Å²) in [5.74, 6) is 0. The fourth-order valence-electron chi connectivity index (χ4n) is 0. The molecule has 0 fully saturated rings. The van der Waals surface area contributed by atoms with Crippen LogP contribution in [0.4, 0.5) is 4.70 Å². The molecule has 0 N–H and O–H groups in total. The van der Waals surface area contributed by atoms with Crippen molar-refractivity contribution in [3.63, 3.8) is 0 Å². The van der Waals surface area contributed by atoms with Crippen molar-refractivity contribution in [2.45, 2.75) is 0 Å². The van der Waals surface area contributed by atoms with Gasteiger partial charge in [-0.05, 0) is 0 Å². The Morgan fingerprint density at radius 1 is 0.692 bits per heavy atom. The van der Waals surface area contributed by atoms with Crippen molar-refractivity contribution in [3.05, 3.63) is 0 Å². The van der Waals surface area contributed by atoms with Gasteiger partial charge in [-0.15, -0.1) is 0 Å². The van der Waals surface area contributed by atoms with Crippen molar-refractivity contribution in [3.8, 4) is 0 Å². The second-order valence-electron chi connectivity index (χ2n) is 0.894. The summed E-state index contributed by atoms with van der Waals surface area (Å²) in [6.45, 7) is 0. The minimum absolute atomic E-state index is 0. The van der Waals surface area contributed by atoms with Gasteiger partial charge in [0.15, 0.2) is 0 Å². The molecule has 0 amide bonds. The zero-order valence-electron chi connectivity index (χ0n) is 6.02. The Hall–Kier alpha value is 1.33. The summed E-state index contributed by atoms with van der Waals surface area (Å²) in [6.07, 6.45) is 0. The Labute approximate surface area is 96.3 Å². The van der Waals surface area contributed by atoms with E-state index in [-0.39, 0.29) is 42.1 Å². The number of hydrogen-bond donors (Lipinski definition) is 0. The molecule has 0 aliphatic heterocycles. The Kier molecular flexibility index (Phi) is 25.7. The maximum atomic E-state index is 8.55. The monoisotopic (exact) mass is 268 g/mol. The SMILES string of the molecule is F.O=P([O-])([O-])[O-].O=P([O-])([O-])[O-].[Li+].[V]. The molecular weight excluding hydrogens is 267 g/mol. The van der Waals surface area contributed by atoms with Crippen molar-refractivity contribution >= 4 is 15.6 Å². The predicted molar refractivity (Wildman–Crippen MR) is 17.7 cm³/mol. The molecule has 77 valence electrons. The van der Waals surface area contributed by atoms with Gasteiger partial charge in [-0.1, -0.05) is 0 Å². The van der Waals surface area contributed by atoms with Crippen LogP contribution in [0.1, 0.15) is 0 Å². The smallest absolute Gasteiger partial charge is 0.822 e. The Morgan fingerprint density at radius 3 is 0.692 bits per heavy atom. The van der Waals surface area contributed by atoms with E-state index < -0.39 is 15.6 Å². The van der Waals surface area contributed by atoms with Crippen LogP contribution in [-0.2, 0) is 27.7 Å². The fourth-order valence-corrected chi connectivity index (χ4v) is 0. The van der Waals surface area contributed by atoms with E-state index in [1.54, 1.807) is 0 Å². The van der Waals surface area contributed by atoms with Crippen molar-refractivity contribution in [1.29, 1.82) is 0 Å². The molecule has 0 aliphatic carbocycles. The normalized spacial score (nSPS) is 9.08. The Morgan fingerprint density at radius 2 is 0.692 bits per heavy atom. The molecule has 0 atom stereocenters. The largest absolute Gasteiger partial charge is 1.00 e. The zero-order valence-corrected chi connectivity index (χ0v) is 9.20. The first-order chi connectivity index (χ1) is 4.00. The molecule has 13 heteroatoms. The molecule has 0 aromatic carbocycles. The summed E-state index contributed by atoms with van der Waals surface area (Å²) in [5, 5.41) is 0. The molecule has 0 aromatic rings. The van der Waals surface area contributed by atoms with Gasteiger partial charge in [0.1, 0.15) is 0 Å². The molecule has 0 bridgehead atoms. The van der Waals surface area contributed by atoms with Crippen LogP contribution in [0, 0.1) is 0 Å². The van der Waals surface area contributed by atoms with Crippen LogP contribution in [0.5, 0.6) is 0 Å². The Balaban J connectivity index is -0.0000000267. The van der Waals surface area contributed by atoms with Crippen molar-refractivity contribution in [1.82, 2.24) is 0 Å². The molecule has 0 rings (SSSR count). The van der Waals surface area contributed by atoms with Gasteiger partial charge in [0.25, 0.3) is 0 Å². The molecule has 0 spiro atoms. The number of phosphoric acid groups is 2. The van der Waals surface area contributed by atoms with E-state index in [4.69, 9.17) is 38.5 Å². The van der Waals surface area contributed by atoms with Crippen LogP contribution >= 0.6 is 15.6 Å². The van der Waals surface area contributed by atoms with Crippen LogP contribution in [0.25, 0.3) is 0 Å². The van der Waals surface area contributed by atoms with Crippen LogP contribution in [0.15, 0.2) is 0 Å². The van der Waals surface area contributed by atoms with E-state index in [2.05, 4.69) is 0 Å². The van der Waals surface area contributed by atoms with Crippen LogP contribution in [0.2, 0.25) is 0 Å². The zero-order chi connectivity index (χ0) is 9.00.